The van der Waals surface area contributed by atoms with Crippen molar-refractivity contribution in [1.82, 2.24) is 10.6 Å². The molecule has 0 radical (unpaired) electrons. The van der Waals surface area contributed by atoms with Gasteiger partial charge in [-0.25, -0.2) is 0 Å². The number of rotatable bonds is 9. The van der Waals surface area contributed by atoms with E-state index in [1.807, 2.05) is 37.3 Å². The maximum Gasteiger partial charge on any atom is 0.257 e. The highest BCUT2D eigenvalue weighted by Gasteiger charge is 2.45. The molecule has 1 aliphatic rings. The lowest BCUT2D eigenvalue weighted by Crippen LogP contribution is -2.49. The van der Waals surface area contributed by atoms with E-state index in [4.69, 9.17) is 21.1 Å². The third-order valence-corrected chi connectivity index (χ3v) is 5.67. The zero-order valence-electron chi connectivity index (χ0n) is 17.3. The van der Waals surface area contributed by atoms with E-state index in [1.165, 1.54) is 0 Å². The van der Waals surface area contributed by atoms with E-state index in [2.05, 4.69) is 10.6 Å². The van der Waals surface area contributed by atoms with Crippen molar-refractivity contribution in [3.63, 3.8) is 0 Å². The van der Waals surface area contributed by atoms with Gasteiger partial charge in [-0.2, -0.15) is 0 Å². The first kappa shape index (κ1) is 22.0. The van der Waals surface area contributed by atoms with Crippen molar-refractivity contribution < 1.29 is 19.1 Å². The van der Waals surface area contributed by atoms with Crippen molar-refractivity contribution in [2.75, 3.05) is 20.3 Å². The second kappa shape index (κ2) is 9.85. The second-order valence-electron chi connectivity index (χ2n) is 7.36. The molecule has 3 rings (SSSR count). The first-order valence-electron chi connectivity index (χ1n) is 10.1. The number of hydrogen-bond donors (Lipinski definition) is 2. The summed E-state index contributed by atoms with van der Waals surface area (Å²) < 4.78 is 10.9. The van der Waals surface area contributed by atoms with Crippen molar-refractivity contribution in [1.29, 1.82) is 0 Å². The van der Waals surface area contributed by atoms with Crippen LogP contribution in [0.5, 0.6) is 11.5 Å². The third-order valence-electron chi connectivity index (χ3n) is 5.43. The Morgan fingerprint density at radius 3 is 2.53 bits per heavy atom. The summed E-state index contributed by atoms with van der Waals surface area (Å²) in [7, 11) is 1.54. The highest BCUT2D eigenvalue weighted by atomic mass is 35.5. The maximum absolute atomic E-state index is 13.0. The second-order valence-corrected chi connectivity index (χ2v) is 7.79. The molecular formula is C23H27ClN2O4. The number of hydrogen-bond acceptors (Lipinski definition) is 4. The number of nitrogens with one attached hydrogen (secondary N) is 2. The summed E-state index contributed by atoms with van der Waals surface area (Å²) in [6.45, 7) is 2.69. The third kappa shape index (κ3) is 4.87. The molecule has 2 aromatic carbocycles. The predicted octanol–water partition coefficient (Wildman–Crippen LogP) is 3.60. The SMILES string of the molecule is CCNC(=O)COc1ccc(CNC(=O)C2(c3cccc(Cl)c3)CCC2)cc1OC. The lowest BCUT2D eigenvalue weighted by Gasteiger charge is -2.40. The van der Waals surface area contributed by atoms with Gasteiger partial charge in [-0.15, -0.1) is 0 Å². The molecule has 0 aromatic heterocycles. The Kier molecular flexibility index (Phi) is 7.21. The lowest BCUT2D eigenvalue weighted by atomic mass is 9.64. The molecular weight excluding hydrogens is 404 g/mol. The highest BCUT2D eigenvalue weighted by Crippen LogP contribution is 2.44. The standard InChI is InChI=1S/C23H27ClN2O4/c1-3-25-21(27)15-30-19-9-8-16(12-20(19)29-2)14-26-22(28)23(10-5-11-23)17-6-4-7-18(24)13-17/h4,6-9,12-13H,3,5,10-11,14-15H2,1-2H3,(H,25,27)(H,26,28). The molecule has 0 atom stereocenters. The average molecular weight is 431 g/mol. The summed E-state index contributed by atoms with van der Waals surface area (Å²) in [5, 5.41) is 6.37. The van der Waals surface area contributed by atoms with Crippen molar-refractivity contribution in [2.24, 2.45) is 0 Å². The van der Waals surface area contributed by atoms with Crippen LogP contribution in [0.4, 0.5) is 0 Å². The zero-order valence-corrected chi connectivity index (χ0v) is 18.1. The normalized spacial score (nSPS) is 14.4. The molecule has 1 aliphatic carbocycles. The van der Waals surface area contributed by atoms with Gasteiger partial charge in [0.25, 0.3) is 5.91 Å². The summed E-state index contributed by atoms with van der Waals surface area (Å²) in [5.74, 6) is 0.807. The first-order valence-corrected chi connectivity index (χ1v) is 10.5. The fraction of sp³-hybridized carbons (Fsp3) is 0.391. The molecule has 30 heavy (non-hydrogen) atoms. The van der Waals surface area contributed by atoms with Crippen molar-refractivity contribution >= 4 is 23.4 Å². The van der Waals surface area contributed by atoms with Gasteiger partial charge in [-0.05, 0) is 55.2 Å². The van der Waals surface area contributed by atoms with Crippen LogP contribution in [-0.2, 0) is 21.5 Å². The average Bonchev–Trinajstić information content (AvgIpc) is 2.70. The summed E-state index contributed by atoms with van der Waals surface area (Å²) in [5.41, 5.74) is 1.33. The molecule has 1 saturated carbocycles. The van der Waals surface area contributed by atoms with E-state index < -0.39 is 5.41 Å². The Labute approximate surface area is 181 Å². The number of amides is 2. The molecule has 6 nitrogen and oxygen atoms in total. The van der Waals surface area contributed by atoms with Gasteiger partial charge in [0.2, 0.25) is 5.91 Å². The molecule has 0 spiro atoms. The number of methoxy groups -OCH3 is 1. The van der Waals surface area contributed by atoms with Gasteiger partial charge in [0.1, 0.15) is 0 Å². The van der Waals surface area contributed by atoms with E-state index in [0.29, 0.717) is 29.6 Å². The largest absolute Gasteiger partial charge is 0.493 e. The molecule has 7 heteroatoms. The van der Waals surface area contributed by atoms with Gasteiger partial charge in [0.05, 0.1) is 12.5 Å². The van der Waals surface area contributed by atoms with Crippen LogP contribution in [0.15, 0.2) is 42.5 Å². The molecule has 1 fully saturated rings. The topological polar surface area (TPSA) is 76.7 Å². The number of carbonyl (C=O) groups is 2. The number of carbonyl (C=O) groups excluding carboxylic acids is 2. The molecule has 160 valence electrons. The Hall–Kier alpha value is -2.73. The van der Waals surface area contributed by atoms with Crippen LogP contribution < -0.4 is 20.1 Å². The first-order chi connectivity index (χ1) is 14.5. The lowest BCUT2D eigenvalue weighted by molar-refractivity contribution is -0.130. The Balaban J connectivity index is 1.65. The molecule has 0 saturated heterocycles. The zero-order chi connectivity index (χ0) is 21.6. The van der Waals surface area contributed by atoms with Gasteiger partial charge in [-0.3, -0.25) is 9.59 Å². The minimum Gasteiger partial charge on any atom is -0.493 e. The van der Waals surface area contributed by atoms with E-state index in [9.17, 15) is 9.59 Å². The molecule has 2 aromatic rings. The van der Waals surface area contributed by atoms with Crippen molar-refractivity contribution in [3.05, 3.63) is 58.6 Å². The number of halogens is 1. The summed E-state index contributed by atoms with van der Waals surface area (Å²) in [6, 6.07) is 12.9. The van der Waals surface area contributed by atoms with E-state index in [0.717, 1.165) is 30.4 Å². The molecule has 0 aliphatic heterocycles. The highest BCUT2D eigenvalue weighted by molar-refractivity contribution is 6.30. The summed E-state index contributed by atoms with van der Waals surface area (Å²) in [4.78, 5) is 24.6. The van der Waals surface area contributed by atoms with Gasteiger partial charge in [-0.1, -0.05) is 36.2 Å². The molecule has 2 amide bonds. The van der Waals surface area contributed by atoms with Crippen LogP contribution in [0, 0.1) is 0 Å². The Morgan fingerprint density at radius 2 is 1.90 bits per heavy atom. The minimum atomic E-state index is -0.509. The van der Waals surface area contributed by atoms with Crippen LogP contribution in [0.3, 0.4) is 0 Å². The fourth-order valence-corrected chi connectivity index (χ4v) is 3.84. The Morgan fingerprint density at radius 1 is 1.10 bits per heavy atom. The number of likely N-dealkylation sites (N-methyl/N-ethyl adjacent to an activating group) is 1. The smallest absolute Gasteiger partial charge is 0.257 e. The van der Waals surface area contributed by atoms with E-state index >= 15 is 0 Å². The number of benzene rings is 2. The van der Waals surface area contributed by atoms with Crippen molar-refractivity contribution in [3.8, 4) is 11.5 Å². The van der Waals surface area contributed by atoms with Crippen LogP contribution in [0.1, 0.15) is 37.3 Å². The van der Waals surface area contributed by atoms with Gasteiger partial charge in [0, 0.05) is 18.1 Å². The van der Waals surface area contributed by atoms with Crippen LogP contribution in [0.2, 0.25) is 5.02 Å². The fourth-order valence-electron chi connectivity index (χ4n) is 3.65. The van der Waals surface area contributed by atoms with Crippen LogP contribution in [0.25, 0.3) is 0 Å². The molecule has 0 unspecified atom stereocenters. The summed E-state index contributed by atoms with van der Waals surface area (Å²) in [6.07, 6.45) is 2.65. The number of ether oxygens (including phenoxy) is 2. The Bertz CT molecular complexity index is 912. The van der Waals surface area contributed by atoms with Crippen LogP contribution >= 0.6 is 11.6 Å². The predicted molar refractivity (Wildman–Crippen MR) is 116 cm³/mol. The quantitative estimate of drug-likeness (QED) is 0.637. The minimum absolute atomic E-state index is 0.00606. The van der Waals surface area contributed by atoms with E-state index in [-0.39, 0.29) is 18.4 Å². The van der Waals surface area contributed by atoms with Gasteiger partial charge in [0.15, 0.2) is 18.1 Å². The maximum atomic E-state index is 13.0. The molecule has 0 bridgehead atoms. The van der Waals surface area contributed by atoms with Crippen molar-refractivity contribution in [2.45, 2.75) is 38.1 Å². The summed E-state index contributed by atoms with van der Waals surface area (Å²) >= 11 is 6.14. The van der Waals surface area contributed by atoms with E-state index in [1.54, 1.807) is 19.2 Å². The molecule has 2 N–H and O–H groups in total. The molecule has 0 heterocycles. The monoisotopic (exact) mass is 430 g/mol. The van der Waals surface area contributed by atoms with Crippen LogP contribution in [-0.4, -0.2) is 32.1 Å². The van der Waals surface area contributed by atoms with Gasteiger partial charge < -0.3 is 20.1 Å². The van der Waals surface area contributed by atoms with Gasteiger partial charge >= 0.3 is 0 Å².